The van der Waals surface area contributed by atoms with Gasteiger partial charge in [-0.05, 0) is 31.7 Å². The Balaban J connectivity index is 1.56. The predicted octanol–water partition coefficient (Wildman–Crippen LogP) is 2.43. The smallest absolute Gasteiger partial charge is 0.237 e. The third-order valence-corrected chi connectivity index (χ3v) is 5.38. The van der Waals surface area contributed by atoms with Gasteiger partial charge in [0.2, 0.25) is 11.8 Å². The first-order chi connectivity index (χ1) is 12.6. The predicted molar refractivity (Wildman–Crippen MR) is 103 cm³/mol. The molecular formula is C21H31N3O2. The van der Waals surface area contributed by atoms with Gasteiger partial charge in [-0.15, -0.1) is 0 Å². The van der Waals surface area contributed by atoms with Crippen LogP contribution in [0.3, 0.4) is 0 Å². The fourth-order valence-corrected chi connectivity index (χ4v) is 3.58. The van der Waals surface area contributed by atoms with E-state index in [2.05, 4.69) is 41.0 Å². The lowest BCUT2D eigenvalue weighted by Gasteiger charge is -2.27. The Morgan fingerprint density at radius 3 is 2.46 bits per heavy atom. The van der Waals surface area contributed by atoms with E-state index in [-0.39, 0.29) is 11.8 Å². The zero-order valence-corrected chi connectivity index (χ0v) is 16.1. The zero-order chi connectivity index (χ0) is 18.5. The van der Waals surface area contributed by atoms with Gasteiger partial charge in [-0.1, -0.05) is 36.8 Å². The molecule has 0 aromatic heterocycles. The van der Waals surface area contributed by atoms with Gasteiger partial charge in [0.15, 0.2) is 0 Å². The summed E-state index contributed by atoms with van der Waals surface area (Å²) in [5, 5.41) is 0. The van der Waals surface area contributed by atoms with Crippen LogP contribution >= 0.6 is 0 Å². The zero-order valence-electron chi connectivity index (χ0n) is 16.1. The number of nitrogens with zero attached hydrogens (tertiary/aromatic N) is 3. The second-order valence-corrected chi connectivity index (χ2v) is 7.60. The molecule has 1 saturated carbocycles. The first-order valence-electron chi connectivity index (χ1n) is 9.92. The number of rotatable bonds is 6. The van der Waals surface area contributed by atoms with Crippen LogP contribution in [0.1, 0.15) is 43.7 Å². The number of carbonyl (C=O) groups is 2. The molecule has 2 fully saturated rings. The van der Waals surface area contributed by atoms with Gasteiger partial charge >= 0.3 is 0 Å². The quantitative estimate of drug-likeness (QED) is 0.785. The van der Waals surface area contributed by atoms with Gasteiger partial charge in [0.1, 0.15) is 0 Å². The number of amides is 2. The van der Waals surface area contributed by atoms with E-state index in [0.717, 1.165) is 45.4 Å². The van der Waals surface area contributed by atoms with Crippen LogP contribution in [0.25, 0.3) is 0 Å². The van der Waals surface area contributed by atoms with E-state index in [0.29, 0.717) is 25.6 Å². The minimum absolute atomic E-state index is 0.220. The number of hydrogen-bond donors (Lipinski definition) is 0. The number of aryl methyl sites for hydroxylation is 1. The molecule has 142 valence electrons. The summed E-state index contributed by atoms with van der Waals surface area (Å²) in [6.45, 7) is 8.40. The van der Waals surface area contributed by atoms with Crippen molar-refractivity contribution in [2.75, 3.05) is 32.7 Å². The number of benzene rings is 1. The van der Waals surface area contributed by atoms with E-state index in [9.17, 15) is 9.59 Å². The largest absolute Gasteiger partial charge is 0.341 e. The molecule has 0 N–H and O–H groups in total. The second kappa shape index (κ2) is 8.67. The van der Waals surface area contributed by atoms with Crippen molar-refractivity contribution in [3.63, 3.8) is 0 Å². The molecule has 0 radical (unpaired) electrons. The Morgan fingerprint density at radius 2 is 1.81 bits per heavy atom. The summed E-state index contributed by atoms with van der Waals surface area (Å²) < 4.78 is 0. The van der Waals surface area contributed by atoms with Crippen LogP contribution in [0.2, 0.25) is 0 Å². The Labute approximate surface area is 156 Å². The maximum atomic E-state index is 13.0. The summed E-state index contributed by atoms with van der Waals surface area (Å²) in [5.41, 5.74) is 2.44. The van der Waals surface area contributed by atoms with E-state index in [1.807, 2.05) is 11.8 Å². The molecule has 2 aliphatic rings. The highest BCUT2D eigenvalue weighted by Gasteiger charge is 2.33. The highest BCUT2D eigenvalue weighted by atomic mass is 16.2. The molecule has 3 rings (SSSR count). The Bertz CT molecular complexity index is 625. The van der Waals surface area contributed by atoms with Gasteiger partial charge in [0.05, 0.1) is 6.54 Å². The average Bonchev–Trinajstić information content (AvgIpc) is 3.48. The van der Waals surface area contributed by atoms with Crippen molar-refractivity contribution in [1.29, 1.82) is 0 Å². The van der Waals surface area contributed by atoms with Crippen LogP contribution in [0.5, 0.6) is 0 Å². The molecular weight excluding hydrogens is 326 g/mol. The summed E-state index contributed by atoms with van der Waals surface area (Å²) in [6, 6.07) is 8.88. The lowest BCUT2D eigenvalue weighted by Crippen LogP contribution is -2.42. The normalized spacial score (nSPS) is 18.5. The van der Waals surface area contributed by atoms with Crippen molar-refractivity contribution in [2.24, 2.45) is 0 Å². The third kappa shape index (κ3) is 5.07. The summed E-state index contributed by atoms with van der Waals surface area (Å²) in [4.78, 5) is 31.1. The number of hydrogen-bond acceptors (Lipinski definition) is 3. The molecule has 1 aliphatic carbocycles. The highest BCUT2D eigenvalue weighted by molar-refractivity contribution is 5.79. The maximum Gasteiger partial charge on any atom is 0.237 e. The molecule has 0 bridgehead atoms. The van der Waals surface area contributed by atoms with Gasteiger partial charge in [0.25, 0.3) is 0 Å². The second-order valence-electron chi connectivity index (χ2n) is 7.60. The Kier molecular flexibility index (Phi) is 6.30. The number of carbonyl (C=O) groups excluding carboxylic acids is 2. The molecule has 5 nitrogen and oxygen atoms in total. The van der Waals surface area contributed by atoms with Crippen molar-refractivity contribution >= 4 is 11.8 Å². The molecule has 0 unspecified atom stereocenters. The average molecular weight is 357 g/mol. The van der Waals surface area contributed by atoms with Crippen LogP contribution < -0.4 is 0 Å². The topological polar surface area (TPSA) is 43.9 Å². The van der Waals surface area contributed by atoms with Crippen LogP contribution in [0.4, 0.5) is 0 Å². The highest BCUT2D eigenvalue weighted by Crippen LogP contribution is 2.28. The minimum atomic E-state index is 0.220. The fraction of sp³-hybridized carbons (Fsp3) is 0.619. The van der Waals surface area contributed by atoms with Crippen molar-refractivity contribution in [3.8, 4) is 0 Å². The first kappa shape index (κ1) is 18.9. The van der Waals surface area contributed by atoms with Gasteiger partial charge in [-0.2, -0.15) is 0 Å². The lowest BCUT2D eigenvalue weighted by atomic mass is 10.1. The molecule has 1 saturated heterocycles. The molecule has 5 heteroatoms. The van der Waals surface area contributed by atoms with Gasteiger partial charge in [-0.25, -0.2) is 0 Å². The van der Waals surface area contributed by atoms with Crippen LogP contribution in [-0.2, 0) is 16.1 Å². The molecule has 1 aromatic rings. The summed E-state index contributed by atoms with van der Waals surface area (Å²) >= 11 is 0. The van der Waals surface area contributed by atoms with Crippen LogP contribution in [0, 0.1) is 6.92 Å². The van der Waals surface area contributed by atoms with Gasteiger partial charge < -0.3 is 9.80 Å². The monoisotopic (exact) mass is 357 g/mol. The van der Waals surface area contributed by atoms with E-state index < -0.39 is 0 Å². The Morgan fingerprint density at radius 1 is 1.08 bits per heavy atom. The maximum absolute atomic E-state index is 13.0. The summed E-state index contributed by atoms with van der Waals surface area (Å²) in [7, 11) is 0. The molecule has 1 heterocycles. The van der Waals surface area contributed by atoms with Gasteiger partial charge in [0, 0.05) is 45.2 Å². The van der Waals surface area contributed by atoms with Crippen molar-refractivity contribution in [1.82, 2.24) is 14.7 Å². The van der Waals surface area contributed by atoms with Crippen LogP contribution in [0.15, 0.2) is 24.3 Å². The molecule has 0 spiro atoms. The van der Waals surface area contributed by atoms with E-state index in [1.54, 1.807) is 0 Å². The standard InChI is InChI=1S/C21H31N3O2/c1-3-20(25)23-12-4-11-22(13-14-23)16-21(26)24(19-9-10-19)15-18-7-5-17(2)6-8-18/h5-8,19H,3-4,9-16H2,1-2H3. The van der Waals surface area contributed by atoms with Crippen molar-refractivity contribution < 1.29 is 9.59 Å². The van der Waals surface area contributed by atoms with Crippen molar-refractivity contribution in [3.05, 3.63) is 35.4 Å². The minimum Gasteiger partial charge on any atom is -0.341 e. The van der Waals surface area contributed by atoms with E-state index in [1.165, 1.54) is 11.1 Å². The molecule has 1 aromatic carbocycles. The molecule has 2 amide bonds. The fourth-order valence-electron chi connectivity index (χ4n) is 3.58. The molecule has 0 atom stereocenters. The van der Waals surface area contributed by atoms with Crippen LogP contribution in [-0.4, -0.2) is 65.3 Å². The van der Waals surface area contributed by atoms with E-state index >= 15 is 0 Å². The molecule has 26 heavy (non-hydrogen) atoms. The lowest BCUT2D eigenvalue weighted by molar-refractivity contribution is -0.133. The van der Waals surface area contributed by atoms with E-state index in [4.69, 9.17) is 0 Å². The summed E-state index contributed by atoms with van der Waals surface area (Å²) in [6.07, 6.45) is 3.75. The first-order valence-corrected chi connectivity index (χ1v) is 9.92. The molecule has 1 aliphatic heterocycles. The summed E-state index contributed by atoms with van der Waals surface area (Å²) in [5.74, 6) is 0.445. The SMILES string of the molecule is CCC(=O)N1CCCN(CC(=O)N(Cc2ccc(C)cc2)C2CC2)CC1. The van der Waals surface area contributed by atoms with Gasteiger partial charge in [-0.3, -0.25) is 14.5 Å². The Hall–Kier alpha value is -1.88. The third-order valence-electron chi connectivity index (χ3n) is 5.38. The van der Waals surface area contributed by atoms with Crippen molar-refractivity contribution in [2.45, 2.75) is 52.1 Å².